The van der Waals surface area contributed by atoms with Crippen LogP contribution in [0, 0.1) is 12.7 Å². The highest BCUT2D eigenvalue weighted by Crippen LogP contribution is 2.35. The molecule has 0 N–H and O–H groups in total. The molecule has 33 heavy (non-hydrogen) atoms. The first kappa shape index (κ1) is 23.2. The molecule has 5 nitrogen and oxygen atoms in total. The first-order valence-electron chi connectivity index (χ1n) is 11.7. The average Bonchev–Trinajstić information content (AvgIpc) is 2.74. The van der Waals surface area contributed by atoms with Gasteiger partial charge in [-0.1, -0.05) is 12.1 Å². The number of anilines is 1. The summed E-state index contributed by atoms with van der Waals surface area (Å²) in [5.74, 6) is 0.387. The zero-order chi connectivity index (χ0) is 23.5. The summed E-state index contributed by atoms with van der Waals surface area (Å²) in [6.45, 7) is 11.6. The second kappa shape index (κ2) is 9.87. The van der Waals surface area contributed by atoms with Gasteiger partial charge < -0.3 is 14.5 Å². The number of hydrogen-bond donors (Lipinski definition) is 0. The predicted molar refractivity (Wildman–Crippen MR) is 131 cm³/mol. The Morgan fingerprint density at radius 1 is 1.21 bits per heavy atom. The van der Waals surface area contributed by atoms with Crippen molar-refractivity contribution in [2.75, 3.05) is 31.1 Å². The first-order chi connectivity index (χ1) is 15.8. The third-order valence-electron chi connectivity index (χ3n) is 6.21. The Morgan fingerprint density at radius 2 is 1.94 bits per heavy atom. The molecule has 1 amide bonds. The highest BCUT2D eigenvalue weighted by molar-refractivity contribution is 6.04. The van der Waals surface area contributed by atoms with Crippen LogP contribution in [0.3, 0.4) is 0 Å². The van der Waals surface area contributed by atoms with Crippen molar-refractivity contribution >= 4 is 22.5 Å². The molecule has 0 aliphatic carbocycles. The number of benzene rings is 2. The molecule has 1 aliphatic heterocycles. The van der Waals surface area contributed by atoms with E-state index in [0.717, 1.165) is 40.9 Å². The minimum Gasteiger partial charge on any atom is -0.494 e. The molecule has 174 valence electrons. The Hall–Kier alpha value is -2.99. The van der Waals surface area contributed by atoms with E-state index in [1.807, 2.05) is 45.0 Å². The van der Waals surface area contributed by atoms with E-state index < -0.39 is 0 Å². The normalized spacial score (nSPS) is 13.9. The van der Waals surface area contributed by atoms with E-state index in [0.29, 0.717) is 17.7 Å². The van der Waals surface area contributed by atoms with Crippen molar-refractivity contribution in [2.24, 2.45) is 0 Å². The number of rotatable bonds is 8. The van der Waals surface area contributed by atoms with Crippen molar-refractivity contribution in [1.29, 1.82) is 0 Å². The summed E-state index contributed by atoms with van der Waals surface area (Å²) in [6.07, 6.45) is 4.00. The van der Waals surface area contributed by atoms with Gasteiger partial charge in [0.2, 0.25) is 5.91 Å². The molecule has 2 aromatic carbocycles. The van der Waals surface area contributed by atoms with E-state index >= 15 is 4.39 Å². The van der Waals surface area contributed by atoms with E-state index in [2.05, 4.69) is 9.88 Å². The molecule has 0 radical (unpaired) electrons. The van der Waals surface area contributed by atoms with Gasteiger partial charge in [-0.3, -0.25) is 9.78 Å². The molecule has 0 saturated carbocycles. The zero-order valence-electron chi connectivity index (χ0n) is 19.9. The summed E-state index contributed by atoms with van der Waals surface area (Å²) in [7, 11) is 0. The fraction of sp³-hybridized carbons (Fsp3) is 0.407. The Labute approximate surface area is 195 Å². The second-order valence-electron chi connectivity index (χ2n) is 9.04. The number of amides is 1. The molecule has 3 aromatic rings. The van der Waals surface area contributed by atoms with E-state index in [1.165, 1.54) is 25.6 Å². The summed E-state index contributed by atoms with van der Waals surface area (Å²) in [5, 5.41) is 0.765. The lowest BCUT2D eigenvalue weighted by atomic mass is 9.99. The Kier molecular flexibility index (Phi) is 6.94. The molecule has 0 atom stereocenters. The standard InChI is InChI=1S/C27H32FN3O2/c1-18(2)31(20(4)32)27-19(3)17-29-26-16-25(28)23(15-24(26)27)21-7-9-22(10-8-21)33-14-6-13-30-11-5-12-30/h7-10,15-18H,5-6,11-14H2,1-4H3. The lowest BCUT2D eigenvalue weighted by molar-refractivity contribution is -0.116. The molecule has 0 unspecified atom stereocenters. The van der Waals surface area contributed by atoms with Gasteiger partial charge in [0.15, 0.2) is 0 Å². The van der Waals surface area contributed by atoms with Gasteiger partial charge in [-0.25, -0.2) is 4.39 Å². The van der Waals surface area contributed by atoms with E-state index in [-0.39, 0.29) is 17.8 Å². The lowest BCUT2D eigenvalue weighted by Gasteiger charge is -2.30. The number of aromatic nitrogens is 1. The number of pyridine rings is 1. The smallest absolute Gasteiger partial charge is 0.224 e. The third-order valence-corrected chi connectivity index (χ3v) is 6.21. The monoisotopic (exact) mass is 449 g/mol. The molecule has 1 fully saturated rings. The molecule has 4 rings (SSSR count). The number of ether oxygens (including phenoxy) is 1. The van der Waals surface area contributed by atoms with Gasteiger partial charge in [0.1, 0.15) is 11.6 Å². The SMILES string of the molecule is CC(=O)N(c1c(C)cnc2cc(F)c(-c3ccc(OCCCN4CCC4)cc3)cc12)C(C)C. The van der Waals surface area contributed by atoms with Crippen LogP contribution in [0.2, 0.25) is 0 Å². The van der Waals surface area contributed by atoms with Crippen molar-refractivity contribution in [2.45, 2.75) is 46.6 Å². The number of carbonyl (C=O) groups is 1. The molecule has 1 aliphatic rings. The third kappa shape index (κ3) is 5.01. The number of hydrogen-bond acceptors (Lipinski definition) is 4. The van der Waals surface area contributed by atoms with Crippen LogP contribution in [0.25, 0.3) is 22.0 Å². The van der Waals surface area contributed by atoms with Crippen molar-refractivity contribution in [3.05, 3.63) is 54.0 Å². The van der Waals surface area contributed by atoms with Crippen LogP contribution in [0.1, 0.15) is 39.2 Å². The van der Waals surface area contributed by atoms with Crippen LogP contribution in [0.5, 0.6) is 5.75 Å². The summed E-state index contributed by atoms with van der Waals surface area (Å²) in [6, 6.07) is 10.7. The highest BCUT2D eigenvalue weighted by atomic mass is 19.1. The maximum absolute atomic E-state index is 15.1. The van der Waals surface area contributed by atoms with Crippen LogP contribution in [-0.2, 0) is 4.79 Å². The Bertz CT molecular complexity index is 1140. The summed E-state index contributed by atoms with van der Waals surface area (Å²) in [4.78, 5) is 21.0. The van der Waals surface area contributed by atoms with Gasteiger partial charge in [-0.2, -0.15) is 0 Å². The fourth-order valence-electron chi connectivity index (χ4n) is 4.43. The summed E-state index contributed by atoms with van der Waals surface area (Å²) in [5.41, 5.74) is 3.43. The molecular weight excluding hydrogens is 417 g/mol. The van der Waals surface area contributed by atoms with Gasteiger partial charge in [0.25, 0.3) is 0 Å². The van der Waals surface area contributed by atoms with Gasteiger partial charge in [-0.15, -0.1) is 0 Å². The maximum atomic E-state index is 15.1. The number of aryl methyl sites for hydroxylation is 1. The number of carbonyl (C=O) groups excluding carboxylic acids is 1. The average molecular weight is 450 g/mol. The van der Waals surface area contributed by atoms with E-state index in [9.17, 15) is 4.79 Å². The minimum atomic E-state index is -0.341. The number of likely N-dealkylation sites (tertiary alicyclic amines) is 1. The van der Waals surface area contributed by atoms with Crippen LogP contribution in [0.4, 0.5) is 10.1 Å². The fourth-order valence-corrected chi connectivity index (χ4v) is 4.43. The Morgan fingerprint density at radius 3 is 2.55 bits per heavy atom. The lowest BCUT2D eigenvalue weighted by Crippen LogP contribution is -2.38. The van der Waals surface area contributed by atoms with Crippen molar-refractivity contribution in [3.8, 4) is 16.9 Å². The number of halogens is 1. The van der Waals surface area contributed by atoms with E-state index in [4.69, 9.17) is 4.74 Å². The van der Waals surface area contributed by atoms with Crippen LogP contribution < -0.4 is 9.64 Å². The highest BCUT2D eigenvalue weighted by Gasteiger charge is 2.22. The van der Waals surface area contributed by atoms with Gasteiger partial charge >= 0.3 is 0 Å². The Balaban J connectivity index is 1.61. The quantitative estimate of drug-likeness (QED) is 0.421. The number of fused-ring (bicyclic) bond motifs is 1. The molecule has 1 saturated heterocycles. The summed E-state index contributed by atoms with van der Waals surface area (Å²) >= 11 is 0. The molecule has 0 bridgehead atoms. The molecule has 6 heteroatoms. The van der Waals surface area contributed by atoms with Crippen LogP contribution in [0.15, 0.2) is 42.6 Å². The molecule has 0 spiro atoms. The van der Waals surface area contributed by atoms with Crippen molar-refractivity contribution in [1.82, 2.24) is 9.88 Å². The number of nitrogens with zero attached hydrogens (tertiary/aromatic N) is 3. The zero-order valence-corrected chi connectivity index (χ0v) is 19.9. The van der Waals surface area contributed by atoms with Gasteiger partial charge in [0, 0.05) is 42.7 Å². The minimum absolute atomic E-state index is 0.0298. The molecular formula is C27H32FN3O2. The predicted octanol–water partition coefficient (Wildman–Crippen LogP) is 5.59. The molecule has 2 heterocycles. The second-order valence-corrected chi connectivity index (χ2v) is 9.04. The van der Waals surface area contributed by atoms with E-state index in [1.54, 1.807) is 24.1 Å². The first-order valence-corrected chi connectivity index (χ1v) is 11.7. The summed E-state index contributed by atoms with van der Waals surface area (Å²) < 4.78 is 20.9. The van der Waals surface area contributed by atoms with Crippen molar-refractivity contribution in [3.63, 3.8) is 0 Å². The topological polar surface area (TPSA) is 45.7 Å². The largest absolute Gasteiger partial charge is 0.494 e. The van der Waals surface area contributed by atoms with Crippen LogP contribution >= 0.6 is 0 Å². The van der Waals surface area contributed by atoms with Crippen molar-refractivity contribution < 1.29 is 13.9 Å². The van der Waals surface area contributed by atoms with Gasteiger partial charge in [-0.05, 0) is 76.0 Å². The van der Waals surface area contributed by atoms with Crippen LogP contribution in [-0.4, -0.2) is 48.1 Å². The van der Waals surface area contributed by atoms with Gasteiger partial charge in [0.05, 0.1) is 17.8 Å². The molecule has 1 aromatic heterocycles. The maximum Gasteiger partial charge on any atom is 0.224 e.